The molecule has 0 fully saturated rings. The lowest BCUT2D eigenvalue weighted by molar-refractivity contribution is 0.204. The standard InChI is InChI=1S/C29H39NO3SSi/c1-24-17-19-28(20-18-24)34(31,32)30(21-11-15-25-12-8-7-9-13-25)23-26-14-10-16-27(22-26)33-35(5,6)29(2,3)4/h7-9,12-13,17-20,22,27H,10,14,16,21,23H2,1-6H3. The minimum absolute atomic E-state index is 0.0407. The summed E-state index contributed by atoms with van der Waals surface area (Å²) < 4.78 is 35.4. The van der Waals surface area contributed by atoms with Gasteiger partial charge in [0, 0.05) is 12.1 Å². The first-order valence-electron chi connectivity index (χ1n) is 12.4. The van der Waals surface area contributed by atoms with Gasteiger partial charge in [-0.15, -0.1) is 0 Å². The van der Waals surface area contributed by atoms with Crippen molar-refractivity contribution in [3.8, 4) is 11.8 Å². The van der Waals surface area contributed by atoms with E-state index in [0.29, 0.717) is 11.4 Å². The molecule has 0 saturated heterocycles. The lowest BCUT2D eigenvalue weighted by atomic mass is 9.97. The summed E-state index contributed by atoms with van der Waals surface area (Å²) in [6.07, 6.45) is 5.07. The molecule has 1 atom stereocenters. The van der Waals surface area contributed by atoms with Gasteiger partial charge in [0.25, 0.3) is 0 Å². The van der Waals surface area contributed by atoms with E-state index in [-0.39, 0.29) is 17.7 Å². The first kappa shape index (κ1) is 27.4. The Labute approximate surface area is 213 Å². The van der Waals surface area contributed by atoms with Crippen LogP contribution in [-0.4, -0.2) is 40.2 Å². The summed E-state index contributed by atoms with van der Waals surface area (Å²) in [6, 6.07) is 16.7. The van der Waals surface area contributed by atoms with E-state index in [1.54, 1.807) is 12.1 Å². The van der Waals surface area contributed by atoms with E-state index in [1.807, 2.05) is 49.4 Å². The molecule has 0 aromatic heterocycles. The normalized spacial score (nSPS) is 17.0. The van der Waals surface area contributed by atoms with Crippen molar-refractivity contribution in [2.24, 2.45) is 0 Å². The van der Waals surface area contributed by atoms with Crippen LogP contribution >= 0.6 is 0 Å². The minimum atomic E-state index is -3.69. The van der Waals surface area contributed by atoms with Crippen molar-refractivity contribution < 1.29 is 12.8 Å². The van der Waals surface area contributed by atoms with Gasteiger partial charge in [-0.2, -0.15) is 4.31 Å². The van der Waals surface area contributed by atoms with E-state index < -0.39 is 18.3 Å². The van der Waals surface area contributed by atoms with Crippen LogP contribution in [0.15, 0.2) is 71.1 Å². The second-order valence-electron chi connectivity index (χ2n) is 10.9. The molecule has 4 nitrogen and oxygen atoms in total. The van der Waals surface area contributed by atoms with Crippen LogP contribution in [0.1, 0.15) is 51.2 Å². The molecule has 0 N–H and O–H groups in total. The Kier molecular flexibility index (Phi) is 8.82. The van der Waals surface area contributed by atoms with Gasteiger partial charge in [0.15, 0.2) is 8.32 Å². The third-order valence-electron chi connectivity index (χ3n) is 6.96. The highest BCUT2D eigenvalue weighted by Crippen LogP contribution is 2.38. The molecule has 188 valence electrons. The van der Waals surface area contributed by atoms with E-state index in [0.717, 1.165) is 36.0 Å². The number of hydrogen-bond donors (Lipinski definition) is 0. The molecule has 6 heteroatoms. The molecule has 1 aliphatic carbocycles. The van der Waals surface area contributed by atoms with Gasteiger partial charge in [-0.3, -0.25) is 0 Å². The molecule has 0 saturated carbocycles. The Bertz CT molecular complexity index is 1180. The zero-order valence-electron chi connectivity index (χ0n) is 22.0. The van der Waals surface area contributed by atoms with Crippen molar-refractivity contribution in [2.45, 2.75) is 76.1 Å². The van der Waals surface area contributed by atoms with Crippen LogP contribution in [-0.2, 0) is 14.4 Å². The van der Waals surface area contributed by atoms with Crippen molar-refractivity contribution in [2.75, 3.05) is 13.1 Å². The first-order chi connectivity index (χ1) is 16.4. The second-order valence-corrected chi connectivity index (χ2v) is 17.6. The maximum atomic E-state index is 13.6. The summed E-state index contributed by atoms with van der Waals surface area (Å²) in [5, 5.41) is 0.131. The molecule has 0 amide bonds. The summed E-state index contributed by atoms with van der Waals surface area (Å²) in [5.41, 5.74) is 3.01. The zero-order chi connectivity index (χ0) is 25.7. The molecule has 3 rings (SSSR count). The Hall–Kier alpha value is -2.17. The van der Waals surface area contributed by atoms with Crippen LogP contribution in [0, 0.1) is 18.8 Å². The van der Waals surface area contributed by atoms with Gasteiger partial charge in [-0.1, -0.05) is 80.2 Å². The lowest BCUT2D eigenvalue weighted by Crippen LogP contribution is -2.44. The average Bonchev–Trinajstić information content (AvgIpc) is 2.78. The van der Waals surface area contributed by atoms with Crippen molar-refractivity contribution in [3.63, 3.8) is 0 Å². The van der Waals surface area contributed by atoms with Crippen molar-refractivity contribution in [1.82, 2.24) is 4.31 Å². The highest BCUT2D eigenvalue weighted by molar-refractivity contribution is 7.89. The molecule has 2 aromatic carbocycles. The van der Waals surface area contributed by atoms with E-state index in [1.165, 1.54) is 4.31 Å². The number of rotatable bonds is 7. The molecular formula is C29H39NO3SSi. The van der Waals surface area contributed by atoms with E-state index >= 15 is 0 Å². The Morgan fingerprint density at radius 1 is 1.06 bits per heavy atom. The molecule has 1 aliphatic rings. The molecule has 2 aromatic rings. The summed E-state index contributed by atoms with van der Waals surface area (Å²) >= 11 is 0. The molecule has 0 spiro atoms. The fraction of sp³-hybridized carbons (Fsp3) is 0.448. The average molecular weight is 510 g/mol. The summed E-state index contributed by atoms with van der Waals surface area (Å²) in [5.74, 6) is 6.20. The molecule has 0 bridgehead atoms. The molecule has 35 heavy (non-hydrogen) atoms. The van der Waals surface area contributed by atoms with Crippen LogP contribution in [0.25, 0.3) is 0 Å². The van der Waals surface area contributed by atoms with Gasteiger partial charge in [0.2, 0.25) is 10.0 Å². The minimum Gasteiger partial charge on any atom is -0.411 e. The quantitative estimate of drug-likeness (QED) is 0.242. The smallest absolute Gasteiger partial charge is 0.244 e. The van der Waals surface area contributed by atoms with E-state index in [9.17, 15) is 8.42 Å². The van der Waals surface area contributed by atoms with Crippen LogP contribution in [0.5, 0.6) is 0 Å². The van der Waals surface area contributed by atoms with Crippen LogP contribution in [0.3, 0.4) is 0 Å². The largest absolute Gasteiger partial charge is 0.411 e. The third kappa shape index (κ3) is 7.41. The van der Waals surface area contributed by atoms with Gasteiger partial charge >= 0.3 is 0 Å². The van der Waals surface area contributed by atoms with Gasteiger partial charge in [0.05, 0.1) is 17.5 Å². The van der Waals surface area contributed by atoms with E-state index in [4.69, 9.17) is 4.43 Å². The van der Waals surface area contributed by atoms with Crippen molar-refractivity contribution in [1.29, 1.82) is 0 Å². The molecule has 0 heterocycles. The molecule has 0 radical (unpaired) electrons. The van der Waals surface area contributed by atoms with Gasteiger partial charge in [-0.25, -0.2) is 8.42 Å². The number of hydrogen-bond acceptors (Lipinski definition) is 3. The lowest BCUT2D eigenvalue weighted by Gasteiger charge is -2.39. The monoisotopic (exact) mass is 509 g/mol. The fourth-order valence-electron chi connectivity index (χ4n) is 3.80. The number of aryl methyl sites for hydroxylation is 1. The summed E-state index contributed by atoms with van der Waals surface area (Å²) in [4.78, 5) is 0.301. The third-order valence-corrected chi connectivity index (χ3v) is 13.3. The number of benzene rings is 2. The first-order valence-corrected chi connectivity index (χ1v) is 16.7. The Morgan fingerprint density at radius 3 is 2.34 bits per heavy atom. The molecule has 0 aliphatic heterocycles. The summed E-state index contributed by atoms with van der Waals surface area (Å²) in [6.45, 7) is 13.7. The maximum Gasteiger partial charge on any atom is 0.244 e. The second kappa shape index (κ2) is 11.3. The predicted molar refractivity (Wildman–Crippen MR) is 147 cm³/mol. The SMILES string of the molecule is Cc1ccc(S(=O)(=O)N(CC#Cc2ccccc2)CC2=CC(O[Si](C)(C)C(C)(C)C)CCC2)cc1. The van der Waals surface area contributed by atoms with Gasteiger partial charge in [0.1, 0.15) is 0 Å². The Balaban J connectivity index is 1.86. The van der Waals surface area contributed by atoms with Crippen LogP contribution in [0.2, 0.25) is 18.1 Å². The van der Waals surface area contributed by atoms with E-state index in [2.05, 4.69) is 51.8 Å². The highest BCUT2D eigenvalue weighted by Gasteiger charge is 2.39. The van der Waals surface area contributed by atoms with Gasteiger partial charge in [-0.05, 0) is 68.6 Å². The Morgan fingerprint density at radius 2 is 1.71 bits per heavy atom. The van der Waals surface area contributed by atoms with Gasteiger partial charge < -0.3 is 4.43 Å². The topological polar surface area (TPSA) is 46.6 Å². The maximum absolute atomic E-state index is 13.6. The molecular weight excluding hydrogens is 470 g/mol. The van der Waals surface area contributed by atoms with Crippen molar-refractivity contribution in [3.05, 3.63) is 77.4 Å². The predicted octanol–water partition coefficient (Wildman–Crippen LogP) is 6.54. The fourth-order valence-corrected chi connectivity index (χ4v) is 6.45. The number of nitrogens with zero attached hydrogens (tertiary/aromatic N) is 1. The highest BCUT2D eigenvalue weighted by atomic mass is 32.2. The number of sulfonamides is 1. The zero-order valence-corrected chi connectivity index (χ0v) is 23.8. The summed E-state index contributed by atoms with van der Waals surface area (Å²) in [7, 11) is -5.60. The van der Waals surface area contributed by atoms with Crippen LogP contribution < -0.4 is 0 Å². The van der Waals surface area contributed by atoms with Crippen molar-refractivity contribution >= 4 is 18.3 Å². The van der Waals surface area contributed by atoms with Crippen LogP contribution in [0.4, 0.5) is 0 Å². The molecule has 1 unspecified atom stereocenters.